The summed E-state index contributed by atoms with van der Waals surface area (Å²) in [4.78, 5) is 119. The summed E-state index contributed by atoms with van der Waals surface area (Å²) >= 11 is 0. The number of nitrogens with two attached hydrogens (primary N) is 1. The van der Waals surface area contributed by atoms with E-state index >= 15 is 0 Å². The number of aliphatic hydroxyl groups excluding tert-OH is 1. The van der Waals surface area contributed by atoms with Crippen LogP contribution >= 0.6 is 45.1 Å². The number of amides is 4. The number of aliphatic hydroxyl groups is 1. The first kappa shape index (κ1) is 60.7. The molecule has 1 saturated heterocycles. The maximum absolute atomic E-state index is 13.5. The van der Waals surface area contributed by atoms with Gasteiger partial charge in [-0.25, -0.2) is 33.3 Å². The van der Waals surface area contributed by atoms with Crippen LogP contribution < -0.4 is 27.0 Å². The van der Waals surface area contributed by atoms with Gasteiger partial charge >= 0.3 is 41.5 Å². The summed E-state index contributed by atoms with van der Waals surface area (Å²) in [5.74, 6) is -4.30. The Labute approximate surface area is 445 Å². The number of phosphoric ester groups is 1. The zero-order valence-electron chi connectivity index (χ0n) is 40.4. The van der Waals surface area contributed by atoms with E-state index < -0.39 is 96.9 Å². The van der Waals surface area contributed by atoms with E-state index in [9.17, 15) is 62.5 Å². The number of fused-ring (bicyclic) bond motifs is 4. The fourth-order valence-corrected chi connectivity index (χ4v) is 13.4. The van der Waals surface area contributed by atoms with Gasteiger partial charge in [-0.3, -0.25) is 23.7 Å². The van der Waals surface area contributed by atoms with Gasteiger partial charge in [-0.05, 0) is 35.1 Å². The van der Waals surface area contributed by atoms with Crippen molar-refractivity contribution < 1.29 is 100.0 Å². The highest BCUT2D eigenvalue weighted by molar-refractivity contribution is 8.76. The number of benzene rings is 2. The molecular weight excluding hydrogens is 1120 g/mol. The van der Waals surface area contributed by atoms with E-state index in [0.29, 0.717) is 30.2 Å². The van der Waals surface area contributed by atoms with Crippen molar-refractivity contribution in [3.05, 3.63) is 77.7 Å². The molecule has 77 heavy (non-hydrogen) atoms. The molecule has 420 valence electrons. The highest BCUT2D eigenvalue weighted by Crippen LogP contribution is 2.66. The number of carbonyl (C=O) groups is 6. The van der Waals surface area contributed by atoms with Gasteiger partial charge in [0.2, 0.25) is 17.7 Å². The number of hydrogen-bond donors (Lipinski definition) is 12. The van der Waals surface area contributed by atoms with Crippen molar-refractivity contribution in [3.63, 3.8) is 0 Å². The largest absolute Gasteiger partial charge is 0.490 e. The number of unbranched alkanes of at least 4 members (excludes halogenated alkanes) is 2. The fourth-order valence-electron chi connectivity index (χ4n) is 8.17. The molecule has 1 fully saturated rings. The van der Waals surface area contributed by atoms with E-state index in [1.807, 2.05) is 48.5 Å². The monoisotopic (exact) mass is 1180 g/mol. The van der Waals surface area contributed by atoms with Crippen LogP contribution in [0.1, 0.15) is 73.8 Å². The summed E-state index contributed by atoms with van der Waals surface area (Å²) in [6.45, 7) is -0.842. The van der Waals surface area contributed by atoms with E-state index in [2.05, 4.69) is 44.4 Å². The molecule has 0 radical (unpaired) electrons. The van der Waals surface area contributed by atoms with Gasteiger partial charge in [-0.1, -0.05) is 76.5 Å². The first-order valence-electron chi connectivity index (χ1n) is 23.3. The van der Waals surface area contributed by atoms with Gasteiger partial charge in [0.1, 0.15) is 48.8 Å². The first-order chi connectivity index (χ1) is 36.4. The molecule has 4 aromatic rings. The molecule has 2 aromatic heterocycles. The van der Waals surface area contributed by atoms with Crippen LogP contribution in [0.3, 0.4) is 0 Å². The molecule has 3 heterocycles. The second-order valence-corrected chi connectivity index (χ2v) is 24.2. The highest BCUT2D eigenvalue weighted by atomic mass is 33.1. The van der Waals surface area contributed by atoms with Crippen molar-refractivity contribution in [3.8, 4) is 11.1 Å². The van der Waals surface area contributed by atoms with Gasteiger partial charge in [0.05, 0.1) is 24.5 Å². The number of rotatable bonds is 30. The van der Waals surface area contributed by atoms with Crippen LogP contribution in [0.2, 0.25) is 0 Å². The van der Waals surface area contributed by atoms with Crippen molar-refractivity contribution in [2.45, 2.75) is 87.9 Å². The Hall–Kier alpha value is -5.49. The topological polar surface area (TPSA) is 446 Å². The first-order valence-corrected chi connectivity index (χ1v) is 30.3. The number of phosphoric acid groups is 3. The number of nitrogen functional groups attached to an aromatic ring is 1. The molecule has 0 saturated carbocycles. The third kappa shape index (κ3) is 18.0. The van der Waals surface area contributed by atoms with Crippen LogP contribution in [0.15, 0.2) is 61.1 Å². The molecule has 1 aliphatic heterocycles. The molecule has 0 spiro atoms. The van der Waals surface area contributed by atoms with Gasteiger partial charge in [0.25, 0.3) is 0 Å². The number of carbonyl (C=O) groups excluding carboxylic acids is 4. The Morgan fingerprint density at radius 1 is 0.818 bits per heavy atom. The average molecular weight is 1180 g/mol. The number of aliphatic carboxylic acids is 2. The number of aromatic nitrogens is 3. The number of ether oxygens (including phenoxy) is 2. The van der Waals surface area contributed by atoms with Crippen molar-refractivity contribution in [2.75, 3.05) is 37.0 Å². The molecule has 1 aliphatic carbocycles. The van der Waals surface area contributed by atoms with Crippen LogP contribution in [0.5, 0.6) is 0 Å². The normalized spacial score (nSPS) is 18.5. The quantitative estimate of drug-likeness (QED) is 0.0203. The number of carboxylic acid groups (broad SMARTS) is 2. The molecule has 4 amide bonds. The summed E-state index contributed by atoms with van der Waals surface area (Å²) < 4.78 is 59.9. The Bertz CT molecular complexity index is 2910. The summed E-state index contributed by atoms with van der Waals surface area (Å²) in [7, 11) is -14.5. The van der Waals surface area contributed by atoms with E-state index in [4.69, 9.17) is 30.1 Å². The fraction of sp³-hybridized carbons (Fsp3) is 0.442. The van der Waals surface area contributed by atoms with Gasteiger partial charge < -0.3 is 75.9 Å². The van der Waals surface area contributed by atoms with Gasteiger partial charge in [0, 0.05) is 61.5 Å². The summed E-state index contributed by atoms with van der Waals surface area (Å²) in [5, 5.41) is 39.5. The van der Waals surface area contributed by atoms with E-state index in [0.717, 1.165) is 28.6 Å². The van der Waals surface area contributed by atoms with Gasteiger partial charge in [-0.15, -0.1) is 0 Å². The Balaban J connectivity index is 0.989. The van der Waals surface area contributed by atoms with Crippen LogP contribution in [0, 0.1) is 0 Å². The van der Waals surface area contributed by atoms with Crippen LogP contribution in [-0.4, -0.2) is 141 Å². The number of carboxylic acids is 2. The Morgan fingerprint density at radius 3 is 2.17 bits per heavy atom. The Kier molecular flexibility index (Phi) is 21.6. The number of anilines is 1. The predicted octanol–water partition coefficient (Wildman–Crippen LogP) is 3.02. The molecule has 29 nitrogen and oxygen atoms in total. The predicted molar refractivity (Wildman–Crippen MR) is 273 cm³/mol. The van der Waals surface area contributed by atoms with E-state index in [1.165, 1.54) is 32.4 Å². The summed E-state index contributed by atoms with van der Waals surface area (Å²) in [5.41, 5.74) is 10.9. The van der Waals surface area contributed by atoms with E-state index in [1.54, 1.807) is 0 Å². The van der Waals surface area contributed by atoms with Crippen molar-refractivity contribution in [1.82, 2.24) is 35.8 Å². The molecular formula is C43H55N8O21P3S2. The van der Waals surface area contributed by atoms with Crippen molar-refractivity contribution >= 4 is 97.7 Å². The minimum absolute atomic E-state index is 0.00269. The summed E-state index contributed by atoms with van der Waals surface area (Å²) in [6.07, 6.45) is -1.69. The zero-order valence-corrected chi connectivity index (χ0v) is 44.7. The zero-order chi connectivity index (χ0) is 56.1. The van der Waals surface area contributed by atoms with Crippen molar-refractivity contribution in [2.24, 2.45) is 0 Å². The lowest BCUT2D eigenvalue weighted by molar-refractivity contribution is -0.147. The third-order valence-electron chi connectivity index (χ3n) is 11.6. The molecule has 7 atom stereocenters. The van der Waals surface area contributed by atoms with Gasteiger partial charge in [-0.2, -0.15) is 8.62 Å². The number of alkyl carbamates (subject to hydrolysis) is 1. The molecule has 7 unspecified atom stereocenters. The lowest BCUT2D eigenvalue weighted by atomic mass is 9.98. The minimum atomic E-state index is -5.79. The molecule has 6 rings (SSSR count). The molecule has 2 aliphatic rings. The Morgan fingerprint density at radius 2 is 1.51 bits per heavy atom. The smallest absolute Gasteiger partial charge is 0.481 e. The van der Waals surface area contributed by atoms with Crippen molar-refractivity contribution in [1.29, 1.82) is 0 Å². The SMILES string of the molecule is Nc1ncnc2c1c(CNC(=O)CCSSCC(NC(=O)OCC1c3ccccc3-c3ccccc31)C(=O)NCCCCCC(=O)NC(CC(=O)O)C(=O)O)cn2C1CC(O)C(COP(=O)(O)OP(=O)(O)OP(=O)(O)O)O1. The second kappa shape index (κ2) is 27.4. The highest BCUT2D eigenvalue weighted by Gasteiger charge is 2.43. The number of hydrogen-bond acceptors (Lipinski definition) is 20. The second-order valence-electron chi connectivity index (χ2n) is 17.2. The molecule has 13 N–H and O–H groups in total. The average Bonchev–Trinajstić information content (AvgIpc) is 4.02. The number of nitrogens with one attached hydrogen (secondary N) is 4. The maximum atomic E-state index is 13.5. The third-order valence-corrected chi connectivity index (χ3v) is 17.8. The molecule has 34 heteroatoms. The molecule has 0 bridgehead atoms. The minimum Gasteiger partial charge on any atom is -0.481 e. The maximum Gasteiger partial charge on any atom is 0.490 e. The lowest BCUT2D eigenvalue weighted by Gasteiger charge is -2.19. The van der Waals surface area contributed by atoms with E-state index in [-0.39, 0.29) is 73.8 Å². The standard InChI is InChI=1S/C43H55N8O21P3S2/c44-39-38-24(19-51(40(38)48-23-47-39)36-17-32(52)33(70-36)21-69-74(64,65)72-75(66,67)71-73(61,62)63)18-46-34(53)13-15-76-77-22-31(41(57)45-14-7-1-2-12-35(54)49-30(42(58)59)16-37(55)56)50-43(60)68-20-29-27-10-5-3-8-25(27)26-9-4-6-11-28(26)29/h3-6,8-11,19,23,29-33,36,52H,1-2,7,12-18,20-22H2,(H,45,57)(H,46,53)(H,49,54)(H,50,60)(H,55,56)(H,58,59)(H,64,65)(H,66,67)(H2,44,47,48)(H2,61,62,63). The summed E-state index contributed by atoms with van der Waals surface area (Å²) in [6, 6.07) is 12.9. The van der Waals surface area contributed by atoms with Gasteiger partial charge in [0.15, 0.2) is 0 Å². The van der Waals surface area contributed by atoms with Crippen LogP contribution in [0.4, 0.5) is 10.6 Å². The number of nitrogens with zero attached hydrogens (tertiary/aromatic N) is 3. The lowest BCUT2D eigenvalue weighted by Crippen LogP contribution is -2.48. The van der Waals surface area contributed by atoms with Crippen LogP contribution in [0.25, 0.3) is 22.2 Å². The molecule has 2 aromatic carbocycles. The van der Waals surface area contributed by atoms with Crippen LogP contribution in [-0.2, 0) is 66.8 Å².